The number of ether oxygens (including phenoxy) is 1. The number of methoxy groups -OCH3 is 1. The van der Waals surface area contributed by atoms with Crippen LogP contribution in [0.5, 0.6) is 0 Å². The van der Waals surface area contributed by atoms with Crippen LogP contribution in [-0.2, 0) is 4.74 Å². The van der Waals surface area contributed by atoms with Crippen molar-refractivity contribution in [2.75, 3.05) is 27.3 Å². The van der Waals surface area contributed by atoms with Crippen LogP contribution in [0.2, 0.25) is 0 Å². The van der Waals surface area contributed by atoms with Gasteiger partial charge in [0.25, 0.3) is 0 Å². The quantitative estimate of drug-likeness (QED) is 0.447. The number of hydrogen-bond acceptors (Lipinski definition) is 3. The first-order valence-electron chi connectivity index (χ1n) is 6.30. The highest BCUT2D eigenvalue weighted by atomic mass is 16.5. The van der Waals surface area contributed by atoms with Crippen LogP contribution in [0.1, 0.15) is 0 Å². The van der Waals surface area contributed by atoms with Crippen LogP contribution in [0.25, 0.3) is 10.8 Å². The fourth-order valence-electron chi connectivity index (χ4n) is 1.40. The van der Waals surface area contributed by atoms with Crippen molar-refractivity contribution in [3.63, 3.8) is 0 Å². The largest absolute Gasteiger partial charge is 0.383 e. The van der Waals surface area contributed by atoms with Crippen molar-refractivity contribution in [1.29, 1.82) is 0 Å². The summed E-state index contributed by atoms with van der Waals surface area (Å²) in [7, 11) is 3.10. The molecule has 0 radical (unpaired) electrons. The number of rotatable bonds is 3. The summed E-state index contributed by atoms with van der Waals surface area (Å²) in [6, 6.07) is 16.7. The van der Waals surface area contributed by atoms with Crippen LogP contribution < -0.4 is 17.2 Å². The lowest BCUT2D eigenvalue weighted by molar-refractivity contribution is 0.208. The van der Waals surface area contributed by atoms with E-state index >= 15 is 0 Å². The van der Waals surface area contributed by atoms with Crippen LogP contribution in [0.4, 0.5) is 0 Å². The van der Waals surface area contributed by atoms with Crippen LogP contribution in [-0.4, -0.2) is 33.3 Å². The molecule has 6 N–H and O–H groups in total. The second-order valence-corrected chi connectivity index (χ2v) is 3.65. The molecule has 0 saturated heterocycles. The molecular formula is C15H24N4O. The van der Waals surface area contributed by atoms with Gasteiger partial charge in [-0.15, -0.1) is 0 Å². The molecule has 0 unspecified atom stereocenters. The zero-order valence-electron chi connectivity index (χ0n) is 12.1. The molecule has 2 aromatic rings. The van der Waals surface area contributed by atoms with Gasteiger partial charge >= 0.3 is 0 Å². The zero-order valence-corrected chi connectivity index (χ0v) is 12.1. The molecule has 110 valence electrons. The number of hydrogen-bond donors (Lipinski definition) is 3. The molecule has 20 heavy (non-hydrogen) atoms. The van der Waals surface area contributed by atoms with E-state index in [1.807, 2.05) is 0 Å². The van der Waals surface area contributed by atoms with E-state index in [0.717, 1.165) is 0 Å². The van der Waals surface area contributed by atoms with Crippen LogP contribution >= 0.6 is 0 Å². The highest BCUT2D eigenvalue weighted by molar-refractivity contribution is 5.82. The summed E-state index contributed by atoms with van der Waals surface area (Å²) >= 11 is 0. The second-order valence-electron chi connectivity index (χ2n) is 3.65. The molecule has 0 aliphatic carbocycles. The summed E-state index contributed by atoms with van der Waals surface area (Å²) in [6.07, 6.45) is 0. The van der Waals surface area contributed by atoms with Gasteiger partial charge in [0.05, 0.1) is 13.2 Å². The van der Waals surface area contributed by atoms with Crippen LogP contribution in [0, 0.1) is 0 Å². The molecule has 2 aromatic carbocycles. The minimum Gasteiger partial charge on any atom is -0.383 e. The number of nitrogens with two attached hydrogens (primary N) is 3. The van der Waals surface area contributed by atoms with Crippen molar-refractivity contribution < 1.29 is 4.74 Å². The highest BCUT2D eigenvalue weighted by Gasteiger charge is 1.85. The third kappa shape index (κ3) is 8.07. The average molecular weight is 276 g/mol. The lowest BCUT2D eigenvalue weighted by Gasteiger charge is -1.92. The number of aliphatic imine (C=N–C) groups is 1. The van der Waals surface area contributed by atoms with Crippen molar-refractivity contribution in [3.05, 3.63) is 48.5 Å². The van der Waals surface area contributed by atoms with Gasteiger partial charge in [-0.1, -0.05) is 48.5 Å². The van der Waals surface area contributed by atoms with E-state index in [2.05, 4.69) is 64.0 Å². The summed E-state index contributed by atoms with van der Waals surface area (Å²) in [5.41, 5.74) is 14.5. The SMILES string of the molecule is CN.COCCN=C(N)N.c1ccc2ccccc2c1. The van der Waals surface area contributed by atoms with E-state index < -0.39 is 0 Å². The minimum absolute atomic E-state index is 0.113. The Bertz CT molecular complexity index is 430. The van der Waals surface area contributed by atoms with Crippen LogP contribution in [0.3, 0.4) is 0 Å². The monoisotopic (exact) mass is 276 g/mol. The van der Waals surface area contributed by atoms with E-state index in [9.17, 15) is 0 Å². The molecule has 0 aliphatic heterocycles. The maximum Gasteiger partial charge on any atom is 0.185 e. The summed E-state index contributed by atoms with van der Waals surface area (Å²) in [5.74, 6) is 0.113. The third-order valence-electron chi connectivity index (χ3n) is 2.25. The minimum atomic E-state index is 0.113. The molecule has 0 saturated carbocycles. The Morgan fingerprint density at radius 1 is 0.950 bits per heavy atom. The third-order valence-corrected chi connectivity index (χ3v) is 2.25. The Hall–Kier alpha value is -2.11. The fourth-order valence-corrected chi connectivity index (χ4v) is 1.40. The Labute approximate surface area is 120 Å². The van der Waals surface area contributed by atoms with Gasteiger partial charge in [0.2, 0.25) is 0 Å². The molecule has 0 spiro atoms. The summed E-state index contributed by atoms with van der Waals surface area (Å²) in [5, 5.41) is 2.62. The normalized spacial score (nSPS) is 8.75. The second kappa shape index (κ2) is 12.0. The van der Waals surface area contributed by atoms with Gasteiger partial charge in [0, 0.05) is 7.11 Å². The van der Waals surface area contributed by atoms with Gasteiger partial charge in [-0.3, -0.25) is 4.99 Å². The van der Waals surface area contributed by atoms with Gasteiger partial charge in [-0.25, -0.2) is 0 Å². The first-order valence-corrected chi connectivity index (χ1v) is 6.30. The smallest absolute Gasteiger partial charge is 0.185 e. The van der Waals surface area contributed by atoms with Gasteiger partial charge in [-0.05, 0) is 17.8 Å². The van der Waals surface area contributed by atoms with E-state index in [-0.39, 0.29) is 5.96 Å². The number of benzene rings is 2. The summed E-state index contributed by atoms with van der Waals surface area (Å²) in [6.45, 7) is 1.11. The van der Waals surface area contributed by atoms with Crippen molar-refractivity contribution in [1.82, 2.24) is 0 Å². The molecule has 5 nitrogen and oxygen atoms in total. The Morgan fingerprint density at radius 3 is 1.65 bits per heavy atom. The first kappa shape index (κ1) is 17.9. The Balaban J connectivity index is 0.000000330. The van der Waals surface area contributed by atoms with Gasteiger partial charge in [0.15, 0.2) is 5.96 Å². The lowest BCUT2D eigenvalue weighted by atomic mass is 10.1. The predicted molar refractivity (Wildman–Crippen MR) is 86.6 cm³/mol. The number of guanidine groups is 1. The van der Waals surface area contributed by atoms with E-state index in [1.165, 1.54) is 17.8 Å². The number of nitrogens with zero attached hydrogens (tertiary/aromatic N) is 1. The maximum atomic E-state index is 5.01. The maximum absolute atomic E-state index is 5.01. The standard InChI is InChI=1S/C10H8.C4H11N3O.CH5N/c1-2-6-10-8-4-3-7-9(10)5-1;1-8-3-2-7-4(5)6;1-2/h1-8H;2-3H2,1H3,(H4,5,6,7);2H2,1H3. The Kier molecular flexibility index (Phi) is 10.7. The fraction of sp³-hybridized carbons (Fsp3) is 0.267. The van der Waals surface area contributed by atoms with Gasteiger partial charge < -0.3 is 21.9 Å². The van der Waals surface area contributed by atoms with Crippen molar-refractivity contribution in [2.45, 2.75) is 0 Å². The molecule has 0 amide bonds. The predicted octanol–water partition coefficient (Wildman–Crippen LogP) is 1.32. The van der Waals surface area contributed by atoms with Gasteiger partial charge in [0.1, 0.15) is 0 Å². The molecule has 0 aliphatic rings. The molecule has 2 rings (SSSR count). The average Bonchev–Trinajstić information content (AvgIpc) is 2.50. The topological polar surface area (TPSA) is 99.6 Å². The summed E-state index contributed by atoms with van der Waals surface area (Å²) in [4.78, 5) is 3.66. The Morgan fingerprint density at radius 2 is 1.35 bits per heavy atom. The molecule has 0 aromatic heterocycles. The van der Waals surface area contributed by atoms with Crippen LogP contribution in [0.15, 0.2) is 53.5 Å². The van der Waals surface area contributed by atoms with Crippen molar-refractivity contribution >= 4 is 16.7 Å². The molecule has 0 atom stereocenters. The van der Waals surface area contributed by atoms with Crippen molar-refractivity contribution in [2.24, 2.45) is 22.2 Å². The van der Waals surface area contributed by atoms with Gasteiger partial charge in [-0.2, -0.15) is 0 Å². The highest BCUT2D eigenvalue weighted by Crippen LogP contribution is 2.11. The first-order chi connectivity index (χ1) is 9.74. The molecule has 0 bridgehead atoms. The lowest BCUT2D eigenvalue weighted by Crippen LogP contribution is -2.23. The summed E-state index contributed by atoms with van der Waals surface area (Å²) < 4.78 is 4.67. The zero-order chi connectivity index (χ0) is 15.2. The van der Waals surface area contributed by atoms with E-state index in [1.54, 1.807) is 7.11 Å². The van der Waals surface area contributed by atoms with E-state index in [0.29, 0.717) is 13.2 Å². The molecular weight excluding hydrogens is 252 g/mol. The molecule has 0 heterocycles. The van der Waals surface area contributed by atoms with Crippen molar-refractivity contribution in [3.8, 4) is 0 Å². The number of fused-ring (bicyclic) bond motifs is 1. The molecule has 0 fully saturated rings. The molecule has 5 heteroatoms. The van der Waals surface area contributed by atoms with E-state index in [4.69, 9.17) is 11.5 Å².